The summed E-state index contributed by atoms with van der Waals surface area (Å²) < 4.78 is 3.52. The number of anilines is 1. The van der Waals surface area contributed by atoms with Crippen molar-refractivity contribution in [3.8, 4) is 11.5 Å². The van der Waals surface area contributed by atoms with E-state index in [9.17, 15) is 14.7 Å². The predicted octanol–water partition coefficient (Wildman–Crippen LogP) is 3.06. The Kier molecular flexibility index (Phi) is 4.75. The number of aromatic nitrogens is 4. The molecule has 4 aliphatic rings. The van der Waals surface area contributed by atoms with Crippen LogP contribution in [-0.4, -0.2) is 36.2 Å². The van der Waals surface area contributed by atoms with Crippen LogP contribution in [0.25, 0.3) is 17.1 Å². The van der Waals surface area contributed by atoms with Crippen LogP contribution in [0.3, 0.4) is 0 Å². The SMILES string of the molecule is CCCn1c2nc(C3=CCC(C)(C(=O)O)CC3)nc-2c2n(c1=O)C[C@@H](C(C)C)N2. The van der Waals surface area contributed by atoms with Gasteiger partial charge in [0.2, 0.25) is 0 Å². The highest BCUT2D eigenvalue weighted by Crippen LogP contribution is 2.40. The Morgan fingerprint density at radius 2 is 2.17 bits per heavy atom. The summed E-state index contributed by atoms with van der Waals surface area (Å²) in [6.07, 6.45) is 4.42. The van der Waals surface area contributed by atoms with Crippen molar-refractivity contribution in [2.45, 2.75) is 72.5 Å². The molecule has 0 bridgehead atoms. The Hall–Kier alpha value is -2.64. The molecule has 0 saturated heterocycles. The van der Waals surface area contributed by atoms with Gasteiger partial charge in [0.25, 0.3) is 0 Å². The van der Waals surface area contributed by atoms with Gasteiger partial charge in [0.05, 0.1) is 5.41 Å². The summed E-state index contributed by atoms with van der Waals surface area (Å²) in [5.74, 6) is 1.60. The van der Waals surface area contributed by atoms with Crippen LogP contribution in [0.15, 0.2) is 10.9 Å². The fraction of sp³-hybridized carbons (Fsp3) is 0.619. The minimum atomic E-state index is -0.767. The zero-order chi connectivity index (χ0) is 20.9. The number of carboxylic acids is 1. The van der Waals surface area contributed by atoms with Gasteiger partial charge in [-0.1, -0.05) is 26.8 Å². The van der Waals surface area contributed by atoms with Gasteiger partial charge in [0, 0.05) is 19.1 Å². The van der Waals surface area contributed by atoms with Crippen molar-refractivity contribution in [1.82, 2.24) is 19.1 Å². The van der Waals surface area contributed by atoms with Gasteiger partial charge < -0.3 is 10.4 Å². The van der Waals surface area contributed by atoms with Crippen molar-refractivity contribution in [2.75, 3.05) is 5.32 Å². The van der Waals surface area contributed by atoms with Gasteiger partial charge in [0.15, 0.2) is 11.6 Å². The molecule has 2 N–H and O–H groups in total. The number of nitrogens with one attached hydrogen (secondary N) is 1. The highest BCUT2D eigenvalue weighted by molar-refractivity contribution is 5.78. The molecule has 0 saturated carbocycles. The summed E-state index contributed by atoms with van der Waals surface area (Å²) in [6.45, 7) is 9.33. The minimum Gasteiger partial charge on any atom is -0.481 e. The lowest BCUT2D eigenvalue weighted by Gasteiger charge is -2.27. The van der Waals surface area contributed by atoms with Crippen LogP contribution in [0.2, 0.25) is 0 Å². The second-order valence-electron chi connectivity index (χ2n) is 8.91. The number of fused-ring (bicyclic) bond motifs is 3. The molecule has 2 atom stereocenters. The molecule has 156 valence electrons. The van der Waals surface area contributed by atoms with Crippen LogP contribution >= 0.6 is 0 Å². The monoisotopic (exact) mass is 399 g/mol. The van der Waals surface area contributed by atoms with Crippen molar-refractivity contribution in [1.29, 1.82) is 0 Å². The molecule has 0 aromatic heterocycles. The number of imidazole rings is 1. The summed E-state index contributed by atoms with van der Waals surface area (Å²) in [5, 5.41) is 12.9. The zero-order valence-corrected chi connectivity index (χ0v) is 17.5. The fourth-order valence-electron chi connectivity index (χ4n) is 4.18. The van der Waals surface area contributed by atoms with Crippen LogP contribution in [0, 0.1) is 11.3 Å². The van der Waals surface area contributed by atoms with Gasteiger partial charge in [0.1, 0.15) is 11.5 Å². The molecule has 1 aliphatic carbocycles. The van der Waals surface area contributed by atoms with Crippen LogP contribution < -0.4 is 11.0 Å². The van der Waals surface area contributed by atoms with Gasteiger partial charge in [-0.05, 0) is 44.1 Å². The number of aliphatic carboxylic acids is 1. The number of allylic oxidation sites excluding steroid dienone is 2. The molecule has 0 radical (unpaired) electrons. The number of hydrogen-bond donors (Lipinski definition) is 2. The molecule has 8 nitrogen and oxygen atoms in total. The molecular weight excluding hydrogens is 370 g/mol. The Morgan fingerprint density at radius 3 is 2.76 bits per heavy atom. The van der Waals surface area contributed by atoms with Crippen molar-refractivity contribution < 1.29 is 9.90 Å². The molecule has 0 fully saturated rings. The third kappa shape index (κ3) is 3.14. The number of carboxylic acid groups (broad SMARTS) is 1. The highest BCUT2D eigenvalue weighted by atomic mass is 16.4. The molecule has 0 aromatic carbocycles. The first kappa shape index (κ1) is 19.7. The van der Waals surface area contributed by atoms with Gasteiger partial charge in [-0.15, -0.1) is 0 Å². The van der Waals surface area contributed by atoms with Gasteiger partial charge in [-0.25, -0.2) is 14.8 Å². The molecule has 29 heavy (non-hydrogen) atoms. The average molecular weight is 399 g/mol. The van der Waals surface area contributed by atoms with E-state index in [4.69, 9.17) is 9.97 Å². The summed E-state index contributed by atoms with van der Waals surface area (Å²) in [5.41, 5.74) is 0.909. The van der Waals surface area contributed by atoms with Crippen molar-refractivity contribution in [3.05, 3.63) is 22.4 Å². The quantitative estimate of drug-likeness (QED) is 0.801. The molecule has 0 spiro atoms. The lowest BCUT2D eigenvalue weighted by atomic mass is 9.76. The minimum absolute atomic E-state index is 0.0486. The molecule has 3 aliphatic heterocycles. The Balaban J connectivity index is 1.80. The van der Waals surface area contributed by atoms with Gasteiger partial charge >= 0.3 is 11.7 Å². The maximum Gasteiger partial charge on any atom is 0.331 e. The normalized spacial score (nSPS) is 23.9. The van der Waals surface area contributed by atoms with Crippen LogP contribution in [0.4, 0.5) is 5.82 Å². The largest absolute Gasteiger partial charge is 0.481 e. The lowest BCUT2D eigenvalue weighted by Crippen LogP contribution is -2.32. The van der Waals surface area contributed by atoms with E-state index in [2.05, 4.69) is 19.2 Å². The smallest absolute Gasteiger partial charge is 0.331 e. The first-order valence-electron chi connectivity index (χ1n) is 10.5. The van der Waals surface area contributed by atoms with E-state index in [0.717, 1.165) is 23.5 Å². The lowest BCUT2D eigenvalue weighted by molar-refractivity contribution is -0.148. The first-order chi connectivity index (χ1) is 13.7. The molecule has 8 heteroatoms. The third-order valence-electron chi connectivity index (χ3n) is 6.35. The number of nitrogens with zero attached hydrogens (tertiary/aromatic N) is 4. The molecule has 3 heterocycles. The Bertz CT molecular complexity index is 1020. The Morgan fingerprint density at radius 1 is 1.41 bits per heavy atom. The summed E-state index contributed by atoms with van der Waals surface area (Å²) in [4.78, 5) is 34.2. The van der Waals surface area contributed by atoms with Crippen LogP contribution in [-0.2, 0) is 17.9 Å². The number of hydrogen-bond acceptors (Lipinski definition) is 5. The molecular formula is C21H29N5O3. The summed E-state index contributed by atoms with van der Waals surface area (Å²) in [6, 6.07) is 0.189. The van der Waals surface area contributed by atoms with E-state index in [0.29, 0.717) is 49.9 Å². The first-order valence-corrected chi connectivity index (χ1v) is 10.5. The molecule has 1 unspecified atom stereocenters. The van der Waals surface area contributed by atoms with Crippen LogP contribution in [0.5, 0.6) is 0 Å². The average Bonchev–Trinajstić information content (AvgIpc) is 3.30. The van der Waals surface area contributed by atoms with Crippen molar-refractivity contribution in [2.24, 2.45) is 11.3 Å². The second kappa shape index (κ2) is 7.00. The highest BCUT2D eigenvalue weighted by Gasteiger charge is 2.37. The van der Waals surface area contributed by atoms with E-state index in [1.54, 1.807) is 16.1 Å². The fourth-order valence-corrected chi connectivity index (χ4v) is 4.18. The maximum absolute atomic E-state index is 13.1. The standard InChI is InChI=1S/C21H29N5O3/c1-5-10-25-18-15(17-22-14(12(2)3)11-26(17)20(25)29)23-16(24-18)13-6-8-21(4,9-7-13)19(27)28/h6,12,14,22H,5,7-11H2,1-4H3,(H,27,28)/t14-,21?/m0/s1. The second-order valence-corrected chi connectivity index (χ2v) is 8.91. The van der Waals surface area contributed by atoms with E-state index in [1.807, 2.05) is 13.0 Å². The van der Waals surface area contributed by atoms with Crippen molar-refractivity contribution >= 4 is 17.4 Å². The summed E-state index contributed by atoms with van der Waals surface area (Å²) >= 11 is 0. The van der Waals surface area contributed by atoms with Gasteiger partial charge in [-0.2, -0.15) is 0 Å². The predicted molar refractivity (Wildman–Crippen MR) is 111 cm³/mol. The van der Waals surface area contributed by atoms with E-state index in [-0.39, 0.29) is 11.7 Å². The zero-order valence-electron chi connectivity index (χ0n) is 17.5. The number of carbonyl (C=O) groups is 1. The van der Waals surface area contributed by atoms with E-state index in [1.165, 1.54) is 0 Å². The van der Waals surface area contributed by atoms with Crippen LogP contribution in [0.1, 0.15) is 59.2 Å². The topological polar surface area (TPSA) is 102 Å². The van der Waals surface area contributed by atoms with E-state index < -0.39 is 11.4 Å². The van der Waals surface area contributed by atoms with Gasteiger partial charge in [-0.3, -0.25) is 13.9 Å². The van der Waals surface area contributed by atoms with Crippen molar-refractivity contribution in [3.63, 3.8) is 0 Å². The molecule has 4 rings (SSSR count). The summed E-state index contributed by atoms with van der Waals surface area (Å²) in [7, 11) is 0. The number of rotatable bonds is 5. The Labute approximate surface area is 170 Å². The van der Waals surface area contributed by atoms with E-state index >= 15 is 0 Å². The maximum atomic E-state index is 13.1. The third-order valence-corrected chi connectivity index (χ3v) is 6.35. The molecule has 0 aromatic rings. The molecule has 0 amide bonds.